The monoisotopic (exact) mass is 481 g/mol. The number of methoxy groups -OCH3 is 2. The fourth-order valence-corrected chi connectivity index (χ4v) is 6.82. The van der Waals surface area contributed by atoms with Crippen LogP contribution in [-0.4, -0.2) is 42.2 Å². The Bertz CT molecular complexity index is 1100. The van der Waals surface area contributed by atoms with Gasteiger partial charge in [-0.3, -0.25) is 4.79 Å². The van der Waals surface area contributed by atoms with Crippen LogP contribution in [0.1, 0.15) is 57.1 Å². The van der Waals surface area contributed by atoms with Crippen LogP contribution in [-0.2, 0) is 14.3 Å². The van der Waals surface area contributed by atoms with E-state index in [1.165, 1.54) is 38.1 Å². The van der Waals surface area contributed by atoms with Gasteiger partial charge in [-0.25, -0.2) is 9.79 Å². The molecule has 34 heavy (non-hydrogen) atoms. The Balaban J connectivity index is 1.45. The number of allylic oxidation sites excluding steroid dienone is 1. The van der Waals surface area contributed by atoms with E-state index in [0.29, 0.717) is 35.4 Å². The minimum atomic E-state index is -0.443. The van der Waals surface area contributed by atoms with Gasteiger partial charge in [0.1, 0.15) is 5.75 Å². The quantitative estimate of drug-likeness (QED) is 0.577. The molecule has 2 saturated carbocycles. The molecule has 2 bridgehead atoms. The molecule has 1 amide bonds. The van der Waals surface area contributed by atoms with E-state index in [0.717, 1.165) is 28.8 Å². The molecular formula is C26H31N3O4S. The van der Waals surface area contributed by atoms with Crippen LogP contribution in [0.2, 0.25) is 0 Å². The summed E-state index contributed by atoms with van der Waals surface area (Å²) in [4.78, 5) is 32.9. The van der Waals surface area contributed by atoms with Gasteiger partial charge in [0.05, 0.1) is 38.0 Å². The van der Waals surface area contributed by atoms with Crippen LogP contribution < -0.4 is 10.1 Å². The summed E-state index contributed by atoms with van der Waals surface area (Å²) in [6.07, 6.45) is 5.72. The fourth-order valence-electron chi connectivity index (χ4n) is 5.88. The zero-order valence-corrected chi connectivity index (χ0v) is 20.7. The average Bonchev–Trinajstić information content (AvgIpc) is 3.58. The Hall–Kier alpha value is -2.74. The first kappa shape index (κ1) is 23.0. The van der Waals surface area contributed by atoms with Crippen molar-refractivity contribution in [3.8, 4) is 5.75 Å². The highest BCUT2D eigenvalue weighted by Gasteiger charge is 2.43. The number of hydrogen-bond donors (Lipinski definition) is 1. The molecule has 4 atom stereocenters. The summed E-state index contributed by atoms with van der Waals surface area (Å²) in [6, 6.07) is 7.54. The number of hydrogen-bond acceptors (Lipinski definition) is 7. The van der Waals surface area contributed by atoms with E-state index in [1.54, 1.807) is 7.11 Å². The first-order valence-electron chi connectivity index (χ1n) is 12.0. The number of aliphatic imine (C=N–C) groups is 1. The van der Waals surface area contributed by atoms with Crippen LogP contribution in [0.4, 0.5) is 0 Å². The van der Waals surface area contributed by atoms with Gasteiger partial charge in [0.2, 0.25) is 5.91 Å². The molecular weight excluding hydrogens is 450 g/mol. The Labute approximate surface area is 204 Å². The maximum Gasteiger partial charge on any atom is 0.338 e. The summed E-state index contributed by atoms with van der Waals surface area (Å²) < 4.78 is 10.6. The fraction of sp³-hybridized carbons (Fsp3) is 0.500. The highest BCUT2D eigenvalue weighted by atomic mass is 32.2. The molecule has 2 fully saturated rings. The number of amides is 1. The summed E-state index contributed by atoms with van der Waals surface area (Å²) in [5.41, 5.74) is 2.94. The van der Waals surface area contributed by atoms with Gasteiger partial charge in [-0.05, 0) is 60.6 Å². The standard InChI is InChI=1S/C26H31N3O4S/c1-4-20-23(25(31)33-3)24(17-6-5-7-19(12-17)32-2)29-18(14-34-26(29)28-20)13-22(30)27-21-11-15-8-9-16(21)10-15/h5-7,12,14-16,21,24H,4,8-11,13H2,1-3H3,(H,27,30)/t15-,16-,21+,24-/m0/s1. The Morgan fingerprint density at radius 1 is 1.24 bits per heavy atom. The number of carbonyl (C=O) groups excluding carboxylic acids is 2. The van der Waals surface area contributed by atoms with E-state index in [1.807, 2.05) is 41.5 Å². The molecule has 2 aliphatic heterocycles. The molecule has 0 radical (unpaired) electrons. The number of rotatable bonds is 7. The van der Waals surface area contributed by atoms with Crippen molar-refractivity contribution in [3.63, 3.8) is 0 Å². The third-order valence-electron chi connectivity index (χ3n) is 7.46. The second-order valence-electron chi connectivity index (χ2n) is 9.40. The van der Waals surface area contributed by atoms with E-state index in [4.69, 9.17) is 14.5 Å². The van der Waals surface area contributed by atoms with Gasteiger partial charge in [0.25, 0.3) is 0 Å². The Morgan fingerprint density at radius 3 is 2.76 bits per heavy atom. The SMILES string of the molecule is CCC1=C(C(=O)OC)[C@H](c2cccc(OC)c2)N2C(CC(=O)N[C@@H]3C[C@H]4CC[C@H]3C4)=CSC2=N1. The lowest BCUT2D eigenvalue weighted by Crippen LogP contribution is -2.41. The number of esters is 1. The van der Waals surface area contributed by atoms with E-state index in [9.17, 15) is 9.59 Å². The summed E-state index contributed by atoms with van der Waals surface area (Å²) in [7, 11) is 3.02. The molecule has 180 valence electrons. The highest BCUT2D eigenvalue weighted by molar-refractivity contribution is 8.16. The van der Waals surface area contributed by atoms with E-state index >= 15 is 0 Å². The molecule has 8 heteroatoms. The van der Waals surface area contributed by atoms with Gasteiger partial charge >= 0.3 is 5.97 Å². The van der Waals surface area contributed by atoms with Crippen molar-refractivity contribution < 1.29 is 19.1 Å². The molecule has 0 spiro atoms. The summed E-state index contributed by atoms with van der Waals surface area (Å²) in [6.45, 7) is 1.98. The number of thioether (sulfide) groups is 1. The molecule has 0 unspecified atom stereocenters. The van der Waals surface area contributed by atoms with Crippen LogP contribution in [0.5, 0.6) is 5.75 Å². The van der Waals surface area contributed by atoms with Crippen LogP contribution in [0.15, 0.2) is 51.6 Å². The van der Waals surface area contributed by atoms with Crippen molar-refractivity contribution in [2.24, 2.45) is 16.8 Å². The van der Waals surface area contributed by atoms with Crippen LogP contribution >= 0.6 is 11.8 Å². The number of fused-ring (bicyclic) bond motifs is 3. The zero-order chi connectivity index (χ0) is 23.8. The molecule has 1 N–H and O–H groups in total. The summed E-state index contributed by atoms with van der Waals surface area (Å²) in [5, 5.41) is 6.06. The van der Waals surface area contributed by atoms with Gasteiger partial charge in [-0.15, -0.1) is 0 Å². The third-order valence-corrected chi connectivity index (χ3v) is 8.35. The molecule has 4 aliphatic rings. The van der Waals surface area contributed by atoms with Crippen LogP contribution in [0, 0.1) is 11.8 Å². The van der Waals surface area contributed by atoms with Crippen LogP contribution in [0.3, 0.4) is 0 Å². The second-order valence-corrected chi connectivity index (χ2v) is 10.2. The van der Waals surface area contributed by atoms with Crippen molar-refractivity contribution in [3.05, 3.63) is 52.2 Å². The lowest BCUT2D eigenvalue weighted by molar-refractivity contribution is -0.136. The molecule has 1 aromatic rings. The van der Waals surface area contributed by atoms with Crippen LogP contribution in [0.25, 0.3) is 0 Å². The van der Waals surface area contributed by atoms with Gasteiger partial charge < -0.3 is 19.7 Å². The van der Waals surface area contributed by atoms with Crippen molar-refractivity contribution in [1.82, 2.24) is 10.2 Å². The number of nitrogens with zero attached hydrogens (tertiary/aromatic N) is 2. The van der Waals surface area contributed by atoms with E-state index in [-0.39, 0.29) is 12.3 Å². The second kappa shape index (κ2) is 9.49. The van der Waals surface area contributed by atoms with Crippen molar-refractivity contribution in [2.75, 3.05) is 14.2 Å². The largest absolute Gasteiger partial charge is 0.497 e. The summed E-state index contributed by atoms with van der Waals surface area (Å²) >= 11 is 1.50. The molecule has 2 heterocycles. The first-order valence-corrected chi connectivity index (χ1v) is 12.9. The van der Waals surface area contributed by atoms with E-state index in [2.05, 4.69) is 5.32 Å². The molecule has 1 aromatic carbocycles. The zero-order valence-electron chi connectivity index (χ0n) is 19.9. The molecule has 5 rings (SSSR count). The lowest BCUT2D eigenvalue weighted by Gasteiger charge is -2.36. The number of carbonyl (C=O) groups is 2. The Kier molecular flexibility index (Phi) is 6.42. The van der Waals surface area contributed by atoms with Crippen molar-refractivity contribution in [1.29, 1.82) is 0 Å². The number of benzene rings is 1. The minimum absolute atomic E-state index is 0.0277. The minimum Gasteiger partial charge on any atom is -0.497 e. The molecule has 0 saturated heterocycles. The Morgan fingerprint density at radius 2 is 2.09 bits per heavy atom. The van der Waals surface area contributed by atoms with Gasteiger partial charge in [-0.2, -0.15) is 0 Å². The molecule has 7 nitrogen and oxygen atoms in total. The van der Waals surface area contributed by atoms with E-state index < -0.39 is 12.0 Å². The summed E-state index contributed by atoms with van der Waals surface area (Å²) in [5.74, 6) is 1.72. The smallest absolute Gasteiger partial charge is 0.338 e. The maximum atomic E-state index is 13.1. The third kappa shape index (κ3) is 4.13. The van der Waals surface area contributed by atoms with Crippen molar-refractivity contribution in [2.45, 2.75) is 57.5 Å². The average molecular weight is 482 g/mol. The normalized spacial score (nSPS) is 27.3. The van der Waals surface area contributed by atoms with Gasteiger partial charge in [0, 0.05) is 11.7 Å². The van der Waals surface area contributed by atoms with Gasteiger partial charge in [0.15, 0.2) is 5.17 Å². The predicted molar refractivity (Wildman–Crippen MR) is 132 cm³/mol. The predicted octanol–water partition coefficient (Wildman–Crippen LogP) is 4.53. The topological polar surface area (TPSA) is 80.2 Å². The molecule has 2 aliphatic carbocycles. The van der Waals surface area contributed by atoms with Crippen molar-refractivity contribution >= 4 is 28.8 Å². The molecule has 0 aromatic heterocycles. The highest BCUT2D eigenvalue weighted by Crippen LogP contribution is 2.47. The number of nitrogens with one attached hydrogen (secondary N) is 1. The van der Waals surface area contributed by atoms with Gasteiger partial charge in [-0.1, -0.05) is 37.2 Å². The maximum absolute atomic E-state index is 13.1. The number of ether oxygens (including phenoxy) is 2. The number of amidine groups is 1. The first-order chi connectivity index (χ1) is 16.5. The lowest BCUT2D eigenvalue weighted by atomic mass is 9.92.